The second kappa shape index (κ2) is 5.26. The van der Waals surface area contributed by atoms with E-state index in [0.717, 1.165) is 0 Å². The first-order chi connectivity index (χ1) is 9.00. The summed E-state index contributed by atoms with van der Waals surface area (Å²) in [6.45, 7) is 2.15. The number of rotatable bonds is 2. The molecule has 2 N–H and O–H groups in total. The Hall–Kier alpha value is -2.11. The Balaban J connectivity index is 2.12. The van der Waals surface area contributed by atoms with Gasteiger partial charge in [0.25, 0.3) is 0 Å². The average Bonchev–Trinajstić information content (AvgIpc) is 2.74. The zero-order chi connectivity index (χ0) is 14.0. The summed E-state index contributed by atoms with van der Waals surface area (Å²) in [5.41, 5.74) is 0.0520. The minimum atomic E-state index is -1.03. The quantitative estimate of drug-likeness (QED) is 0.861. The predicted octanol–water partition coefficient (Wildman–Crippen LogP) is 2.15. The van der Waals surface area contributed by atoms with Gasteiger partial charge in [0.1, 0.15) is 11.9 Å². The number of hydrogen-bond donors (Lipinski definition) is 2. The fourth-order valence-electron chi connectivity index (χ4n) is 2.30. The van der Waals surface area contributed by atoms with E-state index in [1.165, 1.54) is 23.1 Å². The number of nitrogens with zero attached hydrogens (tertiary/aromatic N) is 1. The molecule has 1 aromatic rings. The molecule has 2 atom stereocenters. The molecule has 1 heterocycles. The maximum atomic E-state index is 13.4. The van der Waals surface area contributed by atoms with Crippen molar-refractivity contribution >= 4 is 17.7 Å². The van der Waals surface area contributed by atoms with Crippen molar-refractivity contribution < 1.29 is 19.1 Å². The van der Waals surface area contributed by atoms with Gasteiger partial charge in [-0.15, -0.1) is 0 Å². The Kier molecular flexibility index (Phi) is 3.69. The first kappa shape index (κ1) is 13.3. The molecule has 1 aromatic carbocycles. The van der Waals surface area contributed by atoms with Crippen LogP contribution in [0, 0.1) is 11.7 Å². The van der Waals surface area contributed by atoms with Crippen molar-refractivity contribution in [3.63, 3.8) is 0 Å². The van der Waals surface area contributed by atoms with Crippen molar-refractivity contribution in [1.29, 1.82) is 0 Å². The van der Waals surface area contributed by atoms with Crippen molar-refractivity contribution in [1.82, 2.24) is 4.90 Å². The van der Waals surface area contributed by atoms with Gasteiger partial charge in [-0.05, 0) is 24.5 Å². The van der Waals surface area contributed by atoms with E-state index in [-0.39, 0.29) is 11.6 Å². The number of likely N-dealkylation sites (tertiary alicyclic amines) is 1. The van der Waals surface area contributed by atoms with E-state index < -0.39 is 23.9 Å². The minimum absolute atomic E-state index is 0.0520. The van der Waals surface area contributed by atoms with E-state index in [1.54, 1.807) is 13.0 Å². The van der Waals surface area contributed by atoms with Gasteiger partial charge in [-0.25, -0.2) is 14.0 Å². The van der Waals surface area contributed by atoms with Crippen molar-refractivity contribution in [3.05, 3.63) is 30.1 Å². The summed E-state index contributed by atoms with van der Waals surface area (Å²) in [4.78, 5) is 24.4. The number of carboxylic acid groups (broad SMARTS) is 1. The molecular weight excluding hydrogens is 251 g/mol. The minimum Gasteiger partial charge on any atom is -0.480 e. The number of benzene rings is 1. The SMILES string of the molecule is CC1CCN(C(=O)Nc2ccccc2F)C1C(=O)O. The number of amides is 2. The third kappa shape index (κ3) is 2.67. The molecule has 0 aliphatic carbocycles. The molecule has 2 rings (SSSR count). The van der Waals surface area contributed by atoms with Crippen LogP contribution in [-0.4, -0.2) is 34.6 Å². The van der Waals surface area contributed by atoms with E-state index in [2.05, 4.69) is 5.32 Å². The lowest BCUT2D eigenvalue weighted by Crippen LogP contribution is -2.44. The van der Waals surface area contributed by atoms with Crippen LogP contribution >= 0.6 is 0 Å². The summed E-state index contributed by atoms with van der Waals surface area (Å²) in [7, 11) is 0. The zero-order valence-corrected chi connectivity index (χ0v) is 10.5. The Bertz CT molecular complexity index is 506. The predicted molar refractivity (Wildman–Crippen MR) is 67.3 cm³/mol. The number of halogens is 1. The van der Waals surface area contributed by atoms with Crippen LogP contribution in [0.3, 0.4) is 0 Å². The number of carboxylic acids is 1. The molecule has 0 spiro atoms. The molecule has 2 amide bonds. The van der Waals surface area contributed by atoms with Gasteiger partial charge < -0.3 is 15.3 Å². The van der Waals surface area contributed by atoms with Gasteiger partial charge in [0, 0.05) is 6.54 Å². The highest BCUT2D eigenvalue weighted by Gasteiger charge is 2.39. The zero-order valence-electron chi connectivity index (χ0n) is 10.5. The molecule has 1 fully saturated rings. The second-order valence-electron chi connectivity index (χ2n) is 4.65. The molecule has 6 heteroatoms. The molecule has 102 valence electrons. The Morgan fingerprint density at radius 3 is 2.74 bits per heavy atom. The molecule has 19 heavy (non-hydrogen) atoms. The average molecular weight is 266 g/mol. The van der Waals surface area contributed by atoms with E-state index in [1.807, 2.05) is 0 Å². The summed E-state index contributed by atoms with van der Waals surface area (Å²) >= 11 is 0. The molecule has 0 bridgehead atoms. The van der Waals surface area contributed by atoms with Crippen molar-refractivity contribution in [2.24, 2.45) is 5.92 Å². The van der Waals surface area contributed by atoms with E-state index >= 15 is 0 Å². The van der Waals surface area contributed by atoms with Gasteiger partial charge in [0.15, 0.2) is 0 Å². The fraction of sp³-hybridized carbons (Fsp3) is 0.385. The van der Waals surface area contributed by atoms with Gasteiger partial charge in [0.2, 0.25) is 0 Å². The lowest BCUT2D eigenvalue weighted by molar-refractivity contribution is -0.142. The van der Waals surface area contributed by atoms with E-state index in [0.29, 0.717) is 13.0 Å². The molecular formula is C13H15FN2O3. The molecule has 5 nitrogen and oxygen atoms in total. The van der Waals surface area contributed by atoms with Crippen LogP contribution in [0.5, 0.6) is 0 Å². The highest BCUT2D eigenvalue weighted by atomic mass is 19.1. The molecule has 1 aliphatic heterocycles. The monoisotopic (exact) mass is 266 g/mol. The van der Waals surface area contributed by atoms with E-state index in [4.69, 9.17) is 5.11 Å². The second-order valence-corrected chi connectivity index (χ2v) is 4.65. The number of aliphatic carboxylic acids is 1. The molecule has 1 aliphatic rings. The fourth-order valence-corrected chi connectivity index (χ4v) is 2.30. The summed E-state index contributed by atoms with van der Waals surface area (Å²) in [6, 6.07) is 4.34. The van der Waals surface area contributed by atoms with Crippen LogP contribution in [0.1, 0.15) is 13.3 Å². The lowest BCUT2D eigenvalue weighted by Gasteiger charge is -2.23. The molecule has 2 unspecified atom stereocenters. The van der Waals surface area contributed by atoms with Crippen molar-refractivity contribution in [2.75, 3.05) is 11.9 Å². The maximum Gasteiger partial charge on any atom is 0.326 e. The van der Waals surface area contributed by atoms with Crippen LogP contribution in [0.4, 0.5) is 14.9 Å². The molecule has 0 radical (unpaired) electrons. The lowest BCUT2D eigenvalue weighted by atomic mass is 10.0. The van der Waals surface area contributed by atoms with Gasteiger partial charge in [-0.1, -0.05) is 19.1 Å². The van der Waals surface area contributed by atoms with Crippen molar-refractivity contribution in [3.8, 4) is 0 Å². The summed E-state index contributed by atoms with van der Waals surface area (Å²) < 4.78 is 13.4. The third-order valence-corrected chi connectivity index (χ3v) is 3.33. The maximum absolute atomic E-state index is 13.4. The third-order valence-electron chi connectivity index (χ3n) is 3.33. The largest absolute Gasteiger partial charge is 0.480 e. The summed E-state index contributed by atoms with van der Waals surface area (Å²) in [5, 5.41) is 11.5. The number of para-hydroxylation sites is 1. The first-order valence-electron chi connectivity index (χ1n) is 6.05. The number of nitrogens with one attached hydrogen (secondary N) is 1. The number of carbonyl (C=O) groups is 2. The number of urea groups is 1. The number of hydrogen-bond acceptors (Lipinski definition) is 2. The Morgan fingerprint density at radius 2 is 2.11 bits per heavy atom. The summed E-state index contributed by atoms with van der Waals surface area (Å²) in [5.74, 6) is -1.69. The van der Waals surface area contributed by atoms with Crippen LogP contribution in [0.25, 0.3) is 0 Å². The van der Waals surface area contributed by atoms with Crippen LogP contribution < -0.4 is 5.32 Å². The van der Waals surface area contributed by atoms with Gasteiger partial charge in [-0.2, -0.15) is 0 Å². The van der Waals surface area contributed by atoms with Gasteiger partial charge >= 0.3 is 12.0 Å². The smallest absolute Gasteiger partial charge is 0.326 e. The first-order valence-corrected chi connectivity index (χ1v) is 6.05. The molecule has 1 saturated heterocycles. The van der Waals surface area contributed by atoms with Crippen LogP contribution in [-0.2, 0) is 4.79 Å². The van der Waals surface area contributed by atoms with Crippen LogP contribution in [0.2, 0.25) is 0 Å². The summed E-state index contributed by atoms with van der Waals surface area (Å²) in [6.07, 6.45) is 0.627. The normalized spacial score (nSPS) is 22.3. The highest BCUT2D eigenvalue weighted by Crippen LogP contribution is 2.25. The topological polar surface area (TPSA) is 69.6 Å². The van der Waals surface area contributed by atoms with Gasteiger partial charge in [-0.3, -0.25) is 0 Å². The Labute approximate surface area is 110 Å². The molecule has 0 saturated carbocycles. The highest BCUT2D eigenvalue weighted by molar-refractivity contribution is 5.92. The Morgan fingerprint density at radius 1 is 1.42 bits per heavy atom. The number of anilines is 1. The van der Waals surface area contributed by atoms with E-state index in [9.17, 15) is 14.0 Å². The number of carbonyl (C=O) groups excluding carboxylic acids is 1. The standard InChI is InChI=1S/C13H15FN2O3/c1-8-6-7-16(11(8)12(17)18)13(19)15-10-5-3-2-4-9(10)14/h2-5,8,11H,6-7H2,1H3,(H,15,19)(H,17,18). The van der Waals surface area contributed by atoms with Gasteiger partial charge in [0.05, 0.1) is 5.69 Å². The molecule has 0 aromatic heterocycles. The van der Waals surface area contributed by atoms with Crippen molar-refractivity contribution in [2.45, 2.75) is 19.4 Å². The van der Waals surface area contributed by atoms with Crippen LogP contribution in [0.15, 0.2) is 24.3 Å².